The molecule has 2 saturated heterocycles. The molecule has 0 aliphatic carbocycles. The first-order chi connectivity index (χ1) is 11.4. The molecule has 24 heavy (non-hydrogen) atoms. The second-order valence-corrected chi connectivity index (χ2v) is 8.42. The molecule has 1 unspecified atom stereocenters. The minimum absolute atomic E-state index is 0.208. The van der Waals surface area contributed by atoms with Crippen LogP contribution in [0.15, 0.2) is 6.07 Å². The summed E-state index contributed by atoms with van der Waals surface area (Å²) in [5, 5.41) is 3.79. The average molecular weight is 356 g/mol. The predicted molar refractivity (Wildman–Crippen MR) is 89.2 cm³/mol. The summed E-state index contributed by atoms with van der Waals surface area (Å²) in [4.78, 5) is 14.4. The van der Waals surface area contributed by atoms with Crippen LogP contribution in [0.4, 0.5) is 5.82 Å². The van der Waals surface area contributed by atoms with Gasteiger partial charge in [0.25, 0.3) is 0 Å². The van der Waals surface area contributed by atoms with E-state index in [1.54, 1.807) is 16.6 Å². The van der Waals surface area contributed by atoms with E-state index >= 15 is 0 Å². The summed E-state index contributed by atoms with van der Waals surface area (Å²) >= 11 is 0. The Bertz CT molecular complexity index is 709. The molecular weight excluding hydrogens is 332 g/mol. The Morgan fingerprint density at radius 3 is 2.62 bits per heavy atom. The first-order valence-corrected chi connectivity index (χ1v) is 9.84. The third-order valence-corrected chi connectivity index (χ3v) is 6.57. The molecule has 8 nitrogen and oxygen atoms in total. The minimum atomic E-state index is -3.53. The number of nitrogens with zero attached hydrogens (tertiary/aromatic N) is 3. The number of carbonyl (C=O) groups excluding carboxylic acids is 1. The highest BCUT2D eigenvalue weighted by molar-refractivity contribution is 7.90. The Balaban J connectivity index is 1.74. The molecule has 2 aliphatic heterocycles. The van der Waals surface area contributed by atoms with E-state index in [9.17, 15) is 13.2 Å². The van der Waals surface area contributed by atoms with Crippen molar-refractivity contribution in [3.63, 3.8) is 0 Å². The highest BCUT2D eigenvalue weighted by Crippen LogP contribution is 2.23. The molecule has 2 fully saturated rings. The van der Waals surface area contributed by atoms with Gasteiger partial charge >= 0.3 is 0 Å². The molecule has 0 spiro atoms. The number of amides is 1. The number of ether oxygens (including phenoxy) is 1. The molecule has 0 saturated carbocycles. The van der Waals surface area contributed by atoms with Crippen molar-refractivity contribution in [3.8, 4) is 0 Å². The molecule has 1 atom stereocenters. The van der Waals surface area contributed by atoms with Gasteiger partial charge in [0.15, 0.2) is 0 Å². The fourth-order valence-electron chi connectivity index (χ4n) is 3.34. The fraction of sp³-hybridized carbons (Fsp3) is 0.733. The third-order valence-electron chi connectivity index (χ3n) is 4.61. The number of rotatable bonds is 4. The molecule has 3 heterocycles. The Labute approximate surface area is 142 Å². The maximum atomic E-state index is 12.8. The number of piperidine rings is 1. The number of sulfonamides is 1. The number of hydrogen-bond acceptors (Lipinski definition) is 5. The highest BCUT2D eigenvalue weighted by Gasteiger charge is 2.36. The minimum Gasteiger partial charge on any atom is -0.381 e. The second kappa shape index (κ2) is 6.81. The van der Waals surface area contributed by atoms with Crippen LogP contribution in [-0.2, 0) is 26.6 Å². The van der Waals surface area contributed by atoms with Crippen LogP contribution in [0, 0.1) is 6.92 Å². The van der Waals surface area contributed by atoms with Crippen LogP contribution < -0.4 is 9.62 Å². The third kappa shape index (κ3) is 3.47. The van der Waals surface area contributed by atoms with Crippen LogP contribution in [-0.4, -0.2) is 55.2 Å². The van der Waals surface area contributed by atoms with Crippen LogP contribution in [0.2, 0.25) is 0 Å². The Morgan fingerprint density at radius 1 is 1.29 bits per heavy atom. The lowest BCUT2D eigenvalue weighted by Crippen LogP contribution is -2.54. The predicted octanol–water partition coefficient (Wildman–Crippen LogP) is 0.322. The Kier molecular flexibility index (Phi) is 4.93. The molecule has 134 valence electrons. The van der Waals surface area contributed by atoms with Gasteiger partial charge in [-0.2, -0.15) is 5.10 Å². The van der Waals surface area contributed by atoms with Crippen LogP contribution in [0.3, 0.4) is 0 Å². The number of hydrogen-bond donors (Lipinski definition) is 1. The Hall–Kier alpha value is -1.45. The van der Waals surface area contributed by atoms with Gasteiger partial charge in [0.2, 0.25) is 15.9 Å². The molecule has 0 bridgehead atoms. The van der Waals surface area contributed by atoms with Crippen molar-refractivity contribution in [1.29, 1.82) is 0 Å². The summed E-state index contributed by atoms with van der Waals surface area (Å²) in [6.45, 7) is 3.34. The van der Waals surface area contributed by atoms with Gasteiger partial charge in [-0.25, -0.2) is 13.1 Å². The SMILES string of the molecule is Cc1cc(N2CCCC(NS(=O)(=O)C3CCOCC3)C2=O)n(C)n1. The van der Waals surface area contributed by atoms with E-state index in [0.29, 0.717) is 44.8 Å². The van der Waals surface area contributed by atoms with Gasteiger partial charge in [-0.15, -0.1) is 0 Å². The summed E-state index contributed by atoms with van der Waals surface area (Å²) in [5.74, 6) is 0.493. The van der Waals surface area contributed by atoms with Crippen molar-refractivity contribution >= 4 is 21.7 Å². The molecule has 0 aromatic carbocycles. The molecule has 1 aromatic heterocycles. The largest absolute Gasteiger partial charge is 0.381 e. The van der Waals surface area contributed by atoms with Gasteiger partial charge in [-0.1, -0.05) is 0 Å². The number of anilines is 1. The summed E-state index contributed by atoms with van der Waals surface area (Å²) in [5.41, 5.74) is 0.824. The van der Waals surface area contributed by atoms with Crippen molar-refractivity contribution in [3.05, 3.63) is 11.8 Å². The second-order valence-electron chi connectivity index (χ2n) is 6.43. The van der Waals surface area contributed by atoms with Crippen LogP contribution in [0.1, 0.15) is 31.4 Å². The number of aromatic nitrogens is 2. The van der Waals surface area contributed by atoms with E-state index < -0.39 is 21.3 Å². The lowest BCUT2D eigenvalue weighted by atomic mass is 10.1. The van der Waals surface area contributed by atoms with Gasteiger partial charge in [-0.05, 0) is 32.6 Å². The molecule has 1 amide bonds. The van der Waals surface area contributed by atoms with Crippen LogP contribution in [0.5, 0.6) is 0 Å². The van der Waals surface area contributed by atoms with Crippen LogP contribution in [0.25, 0.3) is 0 Å². The summed E-state index contributed by atoms with van der Waals surface area (Å²) in [6, 6.07) is 1.13. The molecule has 1 aromatic rings. The normalized spacial score (nSPS) is 23.7. The maximum Gasteiger partial charge on any atom is 0.246 e. The van der Waals surface area contributed by atoms with Crippen molar-refractivity contribution in [2.75, 3.05) is 24.7 Å². The fourth-order valence-corrected chi connectivity index (χ4v) is 4.96. The van der Waals surface area contributed by atoms with Gasteiger partial charge in [0.1, 0.15) is 11.9 Å². The van der Waals surface area contributed by atoms with Gasteiger partial charge in [0.05, 0.1) is 10.9 Å². The van der Waals surface area contributed by atoms with Crippen LogP contribution >= 0.6 is 0 Å². The number of aryl methyl sites for hydroxylation is 2. The van der Waals surface area contributed by atoms with E-state index in [1.165, 1.54) is 0 Å². The first kappa shape index (κ1) is 17.4. The molecule has 3 rings (SSSR count). The van der Waals surface area contributed by atoms with E-state index in [-0.39, 0.29) is 5.91 Å². The lowest BCUT2D eigenvalue weighted by molar-refractivity contribution is -0.121. The molecule has 0 radical (unpaired) electrons. The molecule has 9 heteroatoms. The zero-order valence-electron chi connectivity index (χ0n) is 14.1. The van der Waals surface area contributed by atoms with E-state index in [0.717, 1.165) is 12.1 Å². The summed E-state index contributed by atoms with van der Waals surface area (Å²) in [7, 11) is -1.74. The van der Waals surface area contributed by atoms with Gasteiger partial charge < -0.3 is 4.74 Å². The monoisotopic (exact) mass is 356 g/mol. The highest BCUT2D eigenvalue weighted by atomic mass is 32.2. The van der Waals surface area contributed by atoms with Crippen molar-refractivity contribution < 1.29 is 17.9 Å². The van der Waals surface area contributed by atoms with Crippen molar-refractivity contribution in [2.24, 2.45) is 7.05 Å². The standard InChI is InChI=1S/C15H24N4O4S/c1-11-10-14(18(2)16-11)19-7-3-4-13(15(19)20)17-24(21,22)12-5-8-23-9-6-12/h10,12-13,17H,3-9H2,1-2H3. The van der Waals surface area contributed by atoms with Gasteiger partial charge in [0, 0.05) is 32.9 Å². The van der Waals surface area contributed by atoms with E-state index in [1.807, 2.05) is 13.0 Å². The molecular formula is C15H24N4O4S. The van der Waals surface area contributed by atoms with Crippen molar-refractivity contribution in [1.82, 2.24) is 14.5 Å². The molecule has 2 aliphatic rings. The number of nitrogens with one attached hydrogen (secondary N) is 1. The first-order valence-electron chi connectivity index (χ1n) is 8.29. The maximum absolute atomic E-state index is 12.8. The smallest absolute Gasteiger partial charge is 0.246 e. The zero-order valence-corrected chi connectivity index (χ0v) is 14.9. The van der Waals surface area contributed by atoms with E-state index in [4.69, 9.17) is 4.74 Å². The summed E-state index contributed by atoms with van der Waals surface area (Å²) < 4.78 is 34.6. The zero-order chi connectivity index (χ0) is 17.3. The lowest BCUT2D eigenvalue weighted by Gasteiger charge is -2.33. The summed E-state index contributed by atoms with van der Waals surface area (Å²) in [6.07, 6.45) is 2.22. The number of carbonyl (C=O) groups is 1. The quantitative estimate of drug-likeness (QED) is 0.839. The van der Waals surface area contributed by atoms with Crippen molar-refractivity contribution in [2.45, 2.75) is 43.9 Å². The Morgan fingerprint density at radius 2 is 2.00 bits per heavy atom. The topological polar surface area (TPSA) is 93.5 Å². The van der Waals surface area contributed by atoms with Gasteiger partial charge in [-0.3, -0.25) is 14.4 Å². The molecule has 1 N–H and O–H groups in total. The average Bonchev–Trinajstić information content (AvgIpc) is 2.88. The van der Waals surface area contributed by atoms with E-state index in [2.05, 4.69) is 9.82 Å².